The first kappa shape index (κ1) is 45.6. The van der Waals surface area contributed by atoms with Gasteiger partial charge in [0.2, 0.25) is 5.88 Å². The molecule has 0 fully saturated rings. The molecule has 0 saturated carbocycles. The van der Waals surface area contributed by atoms with Crippen LogP contribution in [0.15, 0.2) is 175 Å². The second-order valence-corrected chi connectivity index (χ2v) is 15.5. The molecule has 0 spiro atoms. The van der Waals surface area contributed by atoms with Crippen molar-refractivity contribution in [1.82, 2.24) is 30.6 Å². The van der Waals surface area contributed by atoms with Gasteiger partial charge in [-0.1, -0.05) is 132 Å². The molecule has 0 aliphatic rings. The van der Waals surface area contributed by atoms with Crippen LogP contribution in [0.4, 0.5) is 13.2 Å². The van der Waals surface area contributed by atoms with Crippen LogP contribution in [0, 0.1) is 19.2 Å². The molecule has 0 amide bonds. The summed E-state index contributed by atoms with van der Waals surface area (Å²) in [5, 5.41) is 54.1. The standard InChI is InChI=1S/C27H14F3N2O2.2C14H9N2O.Ir/c28-27(29,30)21-10-4-6-12-23(21)34-26-20-14-17-8-2-1-7-16(17)13-19(20)25(31-32-26)24-15-18-9-3-5-11-22(18)33-24;2*1-9(17)14-13-7-11-5-3-2-4-10(11)6-12(13)8-15-16-14;/h1-14H;2*1-8,17H;/q3*-1;+3. The molecule has 4 aromatic heterocycles. The summed E-state index contributed by atoms with van der Waals surface area (Å²) in [6.45, 7) is 10.8. The molecule has 12 rings (SSSR count). The normalized spacial score (nSPS) is 11.2. The molecule has 336 valence electrons. The summed E-state index contributed by atoms with van der Waals surface area (Å²) in [7, 11) is 0. The Balaban J connectivity index is 0.000000142. The third kappa shape index (κ3) is 9.26. The van der Waals surface area contributed by atoms with E-state index in [1.165, 1.54) is 18.2 Å². The maximum atomic E-state index is 13.5. The summed E-state index contributed by atoms with van der Waals surface area (Å²) >= 11 is 0. The van der Waals surface area contributed by atoms with Crippen LogP contribution >= 0.6 is 0 Å². The minimum Gasteiger partial charge on any atom is -0.544 e. The van der Waals surface area contributed by atoms with Crippen molar-refractivity contribution < 1.29 is 52.6 Å². The Kier molecular flexibility index (Phi) is 12.5. The summed E-state index contributed by atoms with van der Waals surface area (Å²) in [4.78, 5) is 0. The monoisotopic (exact) mass is 1090 g/mol. The first-order valence-electron chi connectivity index (χ1n) is 20.8. The molecule has 14 heteroatoms. The summed E-state index contributed by atoms with van der Waals surface area (Å²) in [6.07, 6.45) is -1.25. The van der Waals surface area contributed by atoms with E-state index in [2.05, 4.69) is 36.7 Å². The molecule has 0 aliphatic heterocycles. The van der Waals surface area contributed by atoms with E-state index >= 15 is 0 Å². The first-order chi connectivity index (χ1) is 33.0. The minimum absolute atomic E-state index is 0. The molecule has 10 nitrogen and oxygen atoms in total. The number of para-hydroxylation sites is 2. The maximum absolute atomic E-state index is 13.5. The molecule has 0 bridgehead atoms. The number of aliphatic hydroxyl groups is 2. The number of aromatic nitrogens is 6. The van der Waals surface area contributed by atoms with Crippen LogP contribution in [0.5, 0.6) is 11.6 Å². The van der Waals surface area contributed by atoms with Gasteiger partial charge in [-0.05, 0) is 102 Å². The van der Waals surface area contributed by atoms with Crippen molar-refractivity contribution in [2.45, 2.75) is 6.18 Å². The second-order valence-electron chi connectivity index (χ2n) is 15.5. The fourth-order valence-electron chi connectivity index (χ4n) is 7.90. The van der Waals surface area contributed by atoms with Crippen LogP contribution in [-0.4, -0.2) is 40.8 Å². The Bertz CT molecular complexity index is 3780. The summed E-state index contributed by atoms with van der Waals surface area (Å²) in [5.74, 6) is -0.605. The average molecular weight is 1090 g/mol. The van der Waals surface area contributed by atoms with Crippen molar-refractivity contribution in [2.75, 3.05) is 0 Å². The average Bonchev–Trinajstić information content (AvgIpc) is 3.79. The van der Waals surface area contributed by atoms with Gasteiger partial charge < -0.3 is 19.4 Å². The Morgan fingerprint density at radius 1 is 0.522 bits per heavy atom. The smallest absolute Gasteiger partial charge is 0.544 e. The largest absolute Gasteiger partial charge is 3.00 e. The van der Waals surface area contributed by atoms with Crippen LogP contribution in [0.2, 0.25) is 0 Å². The topological polar surface area (TPSA) is 140 Å². The van der Waals surface area contributed by atoms with Gasteiger partial charge in [0.1, 0.15) is 5.75 Å². The van der Waals surface area contributed by atoms with Crippen molar-refractivity contribution >= 4 is 87.1 Å². The number of aliphatic hydroxyl groups excluding tert-OH is 2. The van der Waals surface area contributed by atoms with Gasteiger partial charge in [-0.3, -0.25) is 0 Å². The number of ether oxygens (including phenoxy) is 1. The van der Waals surface area contributed by atoms with E-state index in [0.717, 1.165) is 65.3 Å². The summed E-state index contributed by atoms with van der Waals surface area (Å²) in [6, 6.07) is 50.9. The van der Waals surface area contributed by atoms with E-state index in [1.807, 2.05) is 133 Å². The van der Waals surface area contributed by atoms with Gasteiger partial charge in [0.05, 0.1) is 29.4 Å². The van der Waals surface area contributed by atoms with Gasteiger partial charge in [0, 0.05) is 11.0 Å². The van der Waals surface area contributed by atoms with Crippen LogP contribution in [-0.2, 0) is 26.3 Å². The number of benzene rings is 8. The molecule has 2 N–H and O–H groups in total. The van der Waals surface area contributed by atoms with Gasteiger partial charge in [-0.15, -0.1) is 22.6 Å². The zero-order valence-electron chi connectivity index (χ0n) is 35.7. The first-order valence-corrected chi connectivity index (χ1v) is 20.8. The van der Waals surface area contributed by atoms with E-state index < -0.39 is 11.7 Å². The van der Waals surface area contributed by atoms with Gasteiger partial charge in [-0.25, -0.2) is 23.4 Å². The predicted molar refractivity (Wildman–Crippen MR) is 257 cm³/mol. The molecular weight excluding hydrogens is 1060 g/mol. The molecule has 0 saturated heterocycles. The van der Waals surface area contributed by atoms with E-state index in [-0.39, 0.29) is 43.3 Å². The van der Waals surface area contributed by atoms with Gasteiger partial charge >= 0.3 is 26.3 Å². The Labute approximate surface area is 404 Å². The number of nitrogens with zero attached hydrogens (tertiary/aromatic N) is 6. The molecule has 0 radical (unpaired) electrons. The number of fused-ring (bicyclic) bond motifs is 7. The number of hydrogen-bond acceptors (Lipinski definition) is 10. The van der Waals surface area contributed by atoms with Crippen molar-refractivity contribution in [3.63, 3.8) is 0 Å². The van der Waals surface area contributed by atoms with E-state index in [4.69, 9.17) is 22.3 Å². The van der Waals surface area contributed by atoms with Crippen LogP contribution in [0.3, 0.4) is 0 Å². The van der Waals surface area contributed by atoms with E-state index in [1.54, 1.807) is 12.4 Å². The van der Waals surface area contributed by atoms with E-state index in [0.29, 0.717) is 39.2 Å². The molecule has 69 heavy (non-hydrogen) atoms. The Hall–Kier alpha value is -8.58. The van der Waals surface area contributed by atoms with Gasteiger partial charge in [0.25, 0.3) is 0 Å². The number of halogens is 3. The van der Waals surface area contributed by atoms with Crippen molar-refractivity contribution in [3.8, 4) is 23.1 Å². The zero-order chi connectivity index (χ0) is 46.9. The Morgan fingerprint density at radius 2 is 0.971 bits per heavy atom. The van der Waals surface area contributed by atoms with Crippen LogP contribution in [0.25, 0.3) is 98.6 Å². The van der Waals surface area contributed by atoms with Crippen LogP contribution in [0.1, 0.15) is 17.0 Å². The molecular formula is C55H32F3IrN6O4. The quantitative estimate of drug-likeness (QED) is 0.0972. The molecule has 12 aromatic rings. The fraction of sp³-hybridized carbons (Fsp3) is 0.0182. The number of rotatable bonds is 5. The molecule has 0 atom stereocenters. The molecule has 0 unspecified atom stereocenters. The van der Waals surface area contributed by atoms with Crippen molar-refractivity contribution in [1.29, 1.82) is 0 Å². The second kappa shape index (κ2) is 19.0. The van der Waals surface area contributed by atoms with Gasteiger partial charge in [0.15, 0.2) is 0 Å². The number of furan rings is 1. The van der Waals surface area contributed by atoms with Gasteiger partial charge in [-0.2, -0.15) is 28.5 Å². The third-order valence-corrected chi connectivity index (χ3v) is 11.1. The fourth-order valence-corrected chi connectivity index (χ4v) is 7.90. The SMILES string of the molecule is FC(F)(F)c1ccccc1Oc1nnc(-c2[c-]c3ccccc3o2)c2cc3ccccc3cc12.[CH-]=C(O)c1nncc2cc3ccccc3cc12.[CH-]=C(O)c1nncc2cc3ccccc3cc12.[Ir+3]. The third-order valence-electron chi connectivity index (χ3n) is 11.1. The predicted octanol–water partition coefficient (Wildman–Crippen LogP) is 14.0. The summed E-state index contributed by atoms with van der Waals surface area (Å²) < 4.78 is 52.2. The van der Waals surface area contributed by atoms with Crippen molar-refractivity contribution in [3.05, 3.63) is 206 Å². The molecule has 4 heterocycles. The Morgan fingerprint density at radius 3 is 1.48 bits per heavy atom. The maximum Gasteiger partial charge on any atom is 3.00 e. The van der Waals surface area contributed by atoms with Crippen LogP contribution < -0.4 is 4.74 Å². The zero-order valence-corrected chi connectivity index (χ0v) is 38.1. The molecule has 0 aliphatic carbocycles. The summed E-state index contributed by atoms with van der Waals surface area (Å²) in [5.41, 5.74) is 0.836. The van der Waals surface area contributed by atoms with E-state index in [9.17, 15) is 23.4 Å². The number of alkyl halides is 3. The van der Waals surface area contributed by atoms with Crippen molar-refractivity contribution in [2.24, 2.45) is 0 Å². The molecule has 8 aromatic carbocycles. The number of hydrogen-bond donors (Lipinski definition) is 2. The minimum atomic E-state index is -4.57.